The number of alkyl halides is 1. The van der Waals surface area contributed by atoms with Gasteiger partial charge < -0.3 is 14.8 Å². The lowest BCUT2D eigenvalue weighted by atomic mass is 10.3. The molecule has 0 fully saturated rings. The number of halogens is 1. The van der Waals surface area contributed by atoms with Crippen LogP contribution in [0.1, 0.15) is 12.8 Å². The molecule has 0 aliphatic heterocycles. The number of ether oxygens (including phenoxy) is 2. The minimum Gasteiger partial charge on any atom is -0.382 e. The van der Waals surface area contributed by atoms with Crippen LogP contribution in [-0.2, 0) is 9.47 Å². The van der Waals surface area contributed by atoms with Gasteiger partial charge in [0.15, 0.2) is 0 Å². The van der Waals surface area contributed by atoms with Crippen LogP contribution in [0.15, 0.2) is 0 Å². The van der Waals surface area contributed by atoms with Crippen LogP contribution in [0.5, 0.6) is 0 Å². The summed E-state index contributed by atoms with van der Waals surface area (Å²) < 4.78 is 10.1. The van der Waals surface area contributed by atoms with Crippen LogP contribution in [-0.4, -0.2) is 45.4 Å². The van der Waals surface area contributed by atoms with Gasteiger partial charge in [0.25, 0.3) is 0 Å². The van der Waals surface area contributed by atoms with E-state index < -0.39 is 0 Å². The van der Waals surface area contributed by atoms with Crippen molar-refractivity contribution in [3.8, 4) is 0 Å². The van der Waals surface area contributed by atoms with Gasteiger partial charge in [0.2, 0.25) is 0 Å². The standard InChI is InChI=1S/C9H20BrNO2/c1-12-8-9-13-7-6-11-5-3-2-4-10/h11H,2-9H2,1H3. The molecule has 0 rings (SSSR count). The molecule has 0 saturated heterocycles. The molecule has 0 radical (unpaired) electrons. The highest BCUT2D eigenvalue weighted by Gasteiger charge is 1.89. The van der Waals surface area contributed by atoms with Crippen LogP contribution in [0.4, 0.5) is 0 Å². The van der Waals surface area contributed by atoms with Crippen molar-refractivity contribution >= 4 is 15.9 Å². The van der Waals surface area contributed by atoms with Gasteiger partial charge in [0.05, 0.1) is 19.8 Å². The molecule has 13 heavy (non-hydrogen) atoms. The van der Waals surface area contributed by atoms with Crippen molar-refractivity contribution in [2.75, 3.05) is 45.4 Å². The summed E-state index contributed by atoms with van der Waals surface area (Å²) in [5, 5.41) is 4.41. The summed E-state index contributed by atoms with van der Waals surface area (Å²) in [6.07, 6.45) is 2.46. The maximum absolute atomic E-state index is 5.28. The predicted molar refractivity (Wildman–Crippen MR) is 58.6 cm³/mol. The van der Waals surface area contributed by atoms with Crippen molar-refractivity contribution in [3.05, 3.63) is 0 Å². The number of hydrogen-bond donors (Lipinski definition) is 1. The minimum absolute atomic E-state index is 0.684. The Labute approximate surface area is 89.3 Å². The lowest BCUT2D eigenvalue weighted by Crippen LogP contribution is -2.21. The fourth-order valence-corrected chi connectivity index (χ4v) is 1.25. The van der Waals surface area contributed by atoms with Crippen molar-refractivity contribution in [1.29, 1.82) is 0 Å². The highest BCUT2D eigenvalue weighted by atomic mass is 79.9. The molecule has 0 aromatic rings. The first-order valence-corrected chi connectivity index (χ1v) is 5.87. The van der Waals surface area contributed by atoms with E-state index in [9.17, 15) is 0 Å². The summed E-state index contributed by atoms with van der Waals surface area (Å²) in [6.45, 7) is 4.17. The van der Waals surface area contributed by atoms with E-state index in [1.54, 1.807) is 7.11 Å². The van der Waals surface area contributed by atoms with E-state index in [4.69, 9.17) is 9.47 Å². The lowest BCUT2D eigenvalue weighted by molar-refractivity contribution is 0.0720. The average molecular weight is 254 g/mol. The SMILES string of the molecule is COCCOCCNCCCCBr. The zero-order valence-electron chi connectivity index (χ0n) is 8.35. The molecule has 3 nitrogen and oxygen atoms in total. The van der Waals surface area contributed by atoms with E-state index in [-0.39, 0.29) is 0 Å². The summed E-state index contributed by atoms with van der Waals surface area (Å²) >= 11 is 3.39. The molecule has 0 aromatic heterocycles. The molecule has 4 heteroatoms. The first-order valence-electron chi connectivity index (χ1n) is 4.75. The van der Waals surface area contributed by atoms with E-state index in [1.807, 2.05) is 0 Å². The highest BCUT2D eigenvalue weighted by Crippen LogP contribution is 1.91. The van der Waals surface area contributed by atoms with E-state index in [0.29, 0.717) is 13.2 Å². The molecule has 80 valence electrons. The van der Waals surface area contributed by atoms with E-state index in [1.165, 1.54) is 12.8 Å². The zero-order valence-corrected chi connectivity index (χ0v) is 9.94. The van der Waals surface area contributed by atoms with Crippen LogP contribution in [0.3, 0.4) is 0 Å². The molecular formula is C9H20BrNO2. The van der Waals surface area contributed by atoms with Crippen LogP contribution in [0, 0.1) is 0 Å². The Kier molecular flexibility index (Phi) is 12.7. The Balaban J connectivity index is 2.76. The van der Waals surface area contributed by atoms with Crippen molar-refractivity contribution in [3.63, 3.8) is 0 Å². The van der Waals surface area contributed by atoms with E-state index in [0.717, 1.165) is 25.0 Å². The number of methoxy groups -OCH3 is 1. The quantitative estimate of drug-likeness (QED) is 0.472. The van der Waals surface area contributed by atoms with Crippen molar-refractivity contribution < 1.29 is 9.47 Å². The number of unbranched alkanes of at least 4 members (excludes halogenated alkanes) is 1. The van der Waals surface area contributed by atoms with E-state index >= 15 is 0 Å². The number of rotatable bonds is 10. The van der Waals surface area contributed by atoms with Gasteiger partial charge in [-0.25, -0.2) is 0 Å². The fourth-order valence-electron chi connectivity index (χ4n) is 0.858. The van der Waals surface area contributed by atoms with Gasteiger partial charge in [-0.2, -0.15) is 0 Å². The van der Waals surface area contributed by atoms with Gasteiger partial charge >= 0.3 is 0 Å². The van der Waals surface area contributed by atoms with Crippen LogP contribution in [0.25, 0.3) is 0 Å². The van der Waals surface area contributed by atoms with Crippen LogP contribution in [0.2, 0.25) is 0 Å². The summed E-state index contributed by atoms with van der Waals surface area (Å²) in [7, 11) is 1.68. The highest BCUT2D eigenvalue weighted by molar-refractivity contribution is 9.09. The smallest absolute Gasteiger partial charge is 0.0700 e. The molecule has 0 bridgehead atoms. The van der Waals surface area contributed by atoms with Crippen molar-refractivity contribution in [2.45, 2.75) is 12.8 Å². The third kappa shape index (κ3) is 12.4. The minimum atomic E-state index is 0.684. The second-order valence-corrected chi connectivity index (χ2v) is 3.54. The Morgan fingerprint density at radius 2 is 1.92 bits per heavy atom. The normalized spacial score (nSPS) is 10.6. The second kappa shape index (κ2) is 12.4. The third-order valence-corrected chi connectivity index (χ3v) is 2.15. The molecule has 0 saturated carbocycles. The van der Waals surface area contributed by atoms with Crippen molar-refractivity contribution in [1.82, 2.24) is 5.32 Å². The van der Waals surface area contributed by atoms with E-state index in [2.05, 4.69) is 21.2 Å². The summed E-state index contributed by atoms with van der Waals surface area (Å²) in [4.78, 5) is 0. The van der Waals surface area contributed by atoms with Gasteiger partial charge in [-0.1, -0.05) is 15.9 Å². The number of hydrogen-bond acceptors (Lipinski definition) is 3. The summed E-state index contributed by atoms with van der Waals surface area (Å²) in [5.74, 6) is 0. The molecule has 0 atom stereocenters. The van der Waals surface area contributed by atoms with Crippen LogP contribution >= 0.6 is 15.9 Å². The average Bonchev–Trinajstić information content (AvgIpc) is 2.16. The maximum Gasteiger partial charge on any atom is 0.0700 e. The fraction of sp³-hybridized carbons (Fsp3) is 1.00. The van der Waals surface area contributed by atoms with Crippen LogP contribution < -0.4 is 5.32 Å². The van der Waals surface area contributed by atoms with Gasteiger partial charge in [-0.15, -0.1) is 0 Å². The van der Waals surface area contributed by atoms with Crippen molar-refractivity contribution in [2.24, 2.45) is 0 Å². The largest absolute Gasteiger partial charge is 0.382 e. The Hall–Kier alpha value is 0.360. The predicted octanol–water partition coefficient (Wildman–Crippen LogP) is 1.41. The first-order chi connectivity index (χ1) is 6.41. The Morgan fingerprint density at radius 1 is 1.08 bits per heavy atom. The maximum atomic E-state index is 5.28. The monoisotopic (exact) mass is 253 g/mol. The van der Waals surface area contributed by atoms with Gasteiger partial charge in [-0.05, 0) is 19.4 Å². The molecule has 0 aliphatic rings. The molecule has 1 N–H and O–H groups in total. The molecule has 0 aliphatic carbocycles. The second-order valence-electron chi connectivity index (χ2n) is 2.75. The molecule has 0 amide bonds. The topological polar surface area (TPSA) is 30.5 Å². The molecule has 0 heterocycles. The third-order valence-electron chi connectivity index (χ3n) is 1.59. The summed E-state index contributed by atoms with van der Waals surface area (Å²) in [6, 6.07) is 0. The lowest BCUT2D eigenvalue weighted by Gasteiger charge is -2.04. The molecule has 0 spiro atoms. The Morgan fingerprint density at radius 3 is 2.62 bits per heavy atom. The first kappa shape index (κ1) is 13.4. The molecule has 0 aromatic carbocycles. The molecule has 0 unspecified atom stereocenters. The Bertz CT molecular complexity index is 83.7. The summed E-state index contributed by atoms with van der Waals surface area (Å²) in [5.41, 5.74) is 0. The van der Waals surface area contributed by atoms with Gasteiger partial charge in [0, 0.05) is 19.0 Å². The van der Waals surface area contributed by atoms with Gasteiger partial charge in [-0.3, -0.25) is 0 Å². The zero-order chi connectivity index (χ0) is 9.78. The number of nitrogens with one attached hydrogen (secondary N) is 1. The van der Waals surface area contributed by atoms with Gasteiger partial charge in [0.1, 0.15) is 0 Å². The molecular weight excluding hydrogens is 234 g/mol.